The minimum absolute atomic E-state index is 0.764. The number of hydrogen-bond donors (Lipinski definition) is 0. The Hall–Kier alpha value is -1.51. The Morgan fingerprint density at radius 3 is 2.91 bits per heavy atom. The summed E-state index contributed by atoms with van der Waals surface area (Å²) in [6, 6.07) is 3.86. The molecule has 0 saturated carbocycles. The van der Waals surface area contributed by atoms with Crippen molar-refractivity contribution in [3.05, 3.63) is 30.4 Å². The molecule has 0 bridgehead atoms. The van der Waals surface area contributed by atoms with Crippen molar-refractivity contribution in [3.63, 3.8) is 0 Å². The minimum atomic E-state index is 0.764. The third-order valence-corrected chi connectivity index (χ3v) is 1.61. The van der Waals surface area contributed by atoms with Gasteiger partial charge in [0.25, 0.3) is 0 Å². The molecule has 0 radical (unpaired) electrons. The standard InChI is InChI=1S/C8H7N3/c1-6-7-3-2-4-9-8(7)11-5-10-6/h2-5H,1H3. The van der Waals surface area contributed by atoms with Crippen LogP contribution in [0.3, 0.4) is 0 Å². The summed E-state index contributed by atoms with van der Waals surface area (Å²) in [5, 5.41) is 1.02. The topological polar surface area (TPSA) is 38.7 Å². The van der Waals surface area contributed by atoms with Crippen LogP contribution in [0.25, 0.3) is 11.0 Å². The third kappa shape index (κ3) is 0.941. The number of rotatable bonds is 0. The Labute approximate surface area is 64.1 Å². The third-order valence-electron chi connectivity index (χ3n) is 1.61. The second-order valence-electron chi connectivity index (χ2n) is 2.33. The van der Waals surface area contributed by atoms with Crippen molar-refractivity contribution in [3.8, 4) is 0 Å². The largest absolute Gasteiger partial charge is 0.241 e. The number of aryl methyl sites for hydroxylation is 1. The fraction of sp³-hybridized carbons (Fsp3) is 0.125. The van der Waals surface area contributed by atoms with E-state index in [2.05, 4.69) is 15.0 Å². The maximum absolute atomic E-state index is 4.09. The van der Waals surface area contributed by atoms with Crippen molar-refractivity contribution >= 4 is 11.0 Å². The van der Waals surface area contributed by atoms with E-state index >= 15 is 0 Å². The summed E-state index contributed by atoms with van der Waals surface area (Å²) in [7, 11) is 0. The molecule has 2 rings (SSSR count). The normalized spacial score (nSPS) is 10.3. The van der Waals surface area contributed by atoms with E-state index in [-0.39, 0.29) is 0 Å². The van der Waals surface area contributed by atoms with Gasteiger partial charge < -0.3 is 0 Å². The lowest BCUT2D eigenvalue weighted by Gasteiger charge is -1.95. The van der Waals surface area contributed by atoms with E-state index in [4.69, 9.17) is 0 Å². The average Bonchev–Trinajstić information content (AvgIpc) is 2.06. The highest BCUT2D eigenvalue weighted by atomic mass is 14.9. The fourth-order valence-corrected chi connectivity index (χ4v) is 1.02. The van der Waals surface area contributed by atoms with Gasteiger partial charge in [0, 0.05) is 11.6 Å². The van der Waals surface area contributed by atoms with Crippen molar-refractivity contribution in [1.29, 1.82) is 0 Å². The summed E-state index contributed by atoms with van der Waals surface area (Å²) in [5.74, 6) is 0. The highest BCUT2D eigenvalue weighted by molar-refractivity contribution is 5.76. The van der Waals surface area contributed by atoms with Crippen molar-refractivity contribution < 1.29 is 0 Å². The molecule has 54 valence electrons. The van der Waals surface area contributed by atoms with Crippen LogP contribution in [0.2, 0.25) is 0 Å². The average molecular weight is 145 g/mol. The van der Waals surface area contributed by atoms with Gasteiger partial charge in [0.1, 0.15) is 6.33 Å². The predicted molar refractivity (Wildman–Crippen MR) is 42.1 cm³/mol. The van der Waals surface area contributed by atoms with E-state index in [0.717, 1.165) is 16.7 Å². The zero-order chi connectivity index (χ0) is 7.68. The number of nitrogens with zero attached hydrogens (tertiary/aromatic N) is 3. The molecule has 2 heterocycles. The molecule has 0 unspecified atom stereocenters. The van der Waals surface area contributed by atoms with E-state index in [1.165, 1.54) is 6.33 Å². The maximum atomic E-state index is 4.09. The number of pyridine rings is 1. The van der Waals surface area contributed by atoms with Gasteiger partial charge in [-0.15, -0.1) is 0 Å². The van der Waals surface area contributed by atoms with E-state index in [9.17, 15) is 0 Å². The minimum Gasteiger partial charge on any atom is -0.241 e. The van der Waals surface area contributed by atoms with Gasteiger partial charge in [0.2, 0.25) is 0 Å². The van der Waals surface area contributed by atoms with Crippen LogP contribution >= 0.6 is 0 Å². The summed E-state index contributed by atoms with van der Waals surface area (Å²) in [5.41, 5.74) is 1.74. The molecule has 3 nitrogen and oxygen atoms in total. The van der Waals surface area contributed by atoms with Crippen LogP contribution < -0.4 is 0 Å². The first-order valence-corrected chi connectivity index (χ1v) is 3.40. The Morgan fingerprint density at radius 2 is 2.09 bits per heavy atom. The van der Waals surface area contributed by atoms with Gasteiger partial charge in [-0.05, 0) is 19.1 Å². The van der Waals surface area contributed by atoms with Gasteiger partial charge in [-0.3, -0.25) is 0 Å². The molecule has 0 N–H and O–H groups in total. The van der Waals surface area contributed by atoms with Gasteiger partial charge in [-0.2, -0.15) is 0 Å². The van der Waals surface area contributed by atoms with Crippen LogP contribution in [0.4, 0.5) is 0 Å². The molecule has 2 aromatic rings. The van der Waals surface area contributed by atoms with E-state index in [1.54, 1.807) is 6.20 Å². The molecule has 0 fully saturated rings. The highest BCUT2D eigenvalue weighted by Crippen LogP contribution is 2.08. The molecule has 0 aliphatic carbocycles. The number of hydrogen-bond acceptors (Lipinski definition) is 3. The Morgan fingerprint density at radius 1 is 1.18 bits per heavy atom. The molecular weight excluding hydrogens is 138 g/mol. The first kappa shape index (κ1) is 6.22. The smallest absolute Gasteiger partial charge is 0.162 e. The molecular formula is C8H7N3. The molecule has 0 aliphatic rings. The molecule has 0 amide bonds. The lowest BCUT2D eigenvalue weighted by Crippen LogP contribution is -1.88. The Bertz CT molecular complexity index is 378. The molecule has 3 heteroatoms. The van der Waals surface area contributed by atoms with E-state index in [1.807, 2.05) is 19.1 Å². The second kappa shape index (κ2) is 2.27. The molecule has 0 saturated heterocycles. The zero-order valence-electron chi connectivity index (χ0n) is 6.15. The monoisotopic (exact) mass is 145 g/mol. The SMILES string of the molecule is Cc1ncnc2ncccc12. The zero-order valence-corrected chi connectivity index (χ0v) is 6.15. The first-order valence-electron chi connectivity index (χ1n) is 3.40. The molecule has 0 atom stereocenters. The van der Waals surface area contributed by atoms with Crippen molar-refractivity contribution in [2.45, 2.75) is 6.92 Å². The Kier molecular flexibility index (Phi) is 1.28. The van der Waals surface area contributed by atoms with Crippen LogP contribution in [0.5, 0.6) is 0 Å². The van der Waals surface area contributed by atoms with Gasteiger partial charge in [0.05, 0.1) is 5.69 Å². The van der Waals surface area contributed by atoms with Crippen molar-refractivity contribution in [2.75, 3.05) is 0 Å². The van der Waals surface area contributed by atoms with Crippen molar-refractivity contribution in [1.82, 2.24) is 15.0 Å². The lowest BCUT2D eigenvalue weighted by molar-refractivity contribution is 1.13. The first-order chi connectivity index (χ1) is 5.38. The lowest BCUT2D eigenvalue weighted by atomic mass is 10.3. The van der Waals surface area contributed by atoms with Gasteiger partial charge >= 0.3 is 0 Å². The maximum Gasteiger partial charge on any atom is 0.162 e. The van der Waals surface area contributed by atoms with Gasteiger partial charge in [0.15, 0.2) is 5.65 Å². The summed E-state index contributed by atoms with van der Waals surface area (Å²) in [4.78, 5) is 12.2. The number of aromatic nitrogens is 3. The summed E-state index contributed by atoms with van der Waals surface area (Å²) in [6.45, 7) is 1.95. The van der Waals surface area contributed by atoms with Gasteiger partial charge in [-0.1, -0.05) is 0 Å². The molecule has 11 heavy (non-hydrogen) atoms. The van der Waals surface area contributed by atoms with Crippen LogP contribution in [-0.2, 0) is 0 Å². The molecule has 0 aromatic carbocycles. The van der Waals surface area contributed by atoms with Gasteiger partial charge in [-0.25, -0.2) is 15.0 Å². The van der Waals surface area contributed by atoms with E-state index < -0.39 is 0 Å². The quantitative estimate of drug-likeness (QED) is 0.561. The summed E-state index contributed by atoms with van der Waals surface area (Å²) in [6.07, 6.45) is 3.26. The van der Waals surface area contributed by atoms with Crippen LogP contribution in [0.1, 0.15) is 5.69 Å². The number of fused-ring (bicyclic) bond motifs is 1. The summed E-state index contributed by atoms with van der Waals surface area (Å²) >= 11 is 0. The Balaban J connectivity index is 2.91. The fourth-order valence-electron chi connectivity index (χ4n) is 1.02. The summed E-state index contributed by atoms with van der Waals surface area (Å²) < 4.78 is 0. The molecule has 0 aliphatic heterocycles. The van der Waals surface area contributed by atoms with Crippen LogP contribution in [-0.4, -0.2) is 15.0 Å². The van der Waals surface area contributed by atoms with Crippen molar-refractivity contribution in [2.24, 2.45) is 0 Å². The molecule has 2 aromatic heterocycles. The van der Waals surface area contributed by atoms with E-state index in [0.29, 0.717) is 0 Å². The second-order valence-corrected chi connectivity index (χ2v) is 2.33. The van der Waals surface area contributed by atoms with Crippen LogP contribution in [0.15, 0.2) is 24.7 Å². The van der Waals surface area contributed by atoms with Crippen LogP contribution in [0, 0.1) is 6.92 Å². The highest BCUT2D eigenvalue weighted by Gasteiger charge is 1.96. The predicted octanol–water partition coefficient (Wildman–Crippen LogP) is 1.33. The molecule has 0 spiro atoms.